The number of oxazole rings is 1. The average Bonchev–Trinajstić information content (AvgIpc) is 2.89. The fraction of sp³-hybridized carbons (Fsp3) is 0.0667. The van der Waals surface area contributed by atoms with Crippen molar-refractivity contribution in [3.8, 4) is 0 Å². The van der Waals surface area contributed by atoms with Crippen molar-refractivity contribution in [2.24, 2.45) is 0 Å². The molecule has 0 unspecified atom stereocenters. The third-order valence-electron chi connectivity index (χ3n) is 2.87. The predicted molar refractivity (Wildman–Crippen MR) is 82.0 cm³/mol. The number of halogens is 1. The van der Waals surface area contributed by atoms with Crippen LogP contribution in [0.2, 0.25) is 5.02 Å². The van der Waals surface area contributed by atoms with E-state index in [4.69, 9.17) is 21.1 Å². The summed E-state index contributed by atoms with van der Waals surface area (Å²) in [4.78, 5) is 16.2. The van der Waals surface area contributed by atoms with Gasteiger partial charge in [-0.1, -0.05) is 23.7 Å². The number of hydrogen-bond donors (Lipinski definition) is 1. The molecule has 0 aliphatic heterocycles. The summed E-state index contributed by atoms with van der Waals surface area (Å²) in [6.45, 7) is 0. The normalized spacial score (nSPS) is 10.9. The van der Waals surface area contributed by atoms with Gasteiger partial charge in [0.15, 0.2) is 5.58 Å². The van der Waals surface area contributed by atoms with Crippen LogP contribution in [0.3, 0.4) is 0 Å². The number of nitrogens with zero attached hydrogens (tertiary/aromatic N) is 1. The Kier molecular flexibility index (Phi) is 3.86. The Balaban J connectivity index is 1.78. The molecule has 0 amide bonds. The molecule has 0 bridgehead atoms. The Morgan fingerprint density at radius 1 is 1.29 bits per heavy atom. The number of aromatic carboxylic acids is 1. The predicted octanol–water partition coefficient (Wildman–Crippen LogP) is 4.47. The minimum absolute atomic E-state index is 0.0965. The van der Waals surface area contributed by atoms with Gasteiger partial charge in [0, 0.05) is 4.90 Å². The Bertz CT molecular complexity index is 783. The molecule has 3 rings (SSSR count). The molecule has 2 aromatic carbocycles. The Labute approximate surface area is 129 Å². The fourth-order valence-electron chi connectivity index (χ4n) is 1.88. The van der Waals surface area contributed by atoms with E-state index in [1.165, 1.54) is 11.8 Å². The summed E-state index contributed by atoms with van der Waals surface area (Å²) in [5, 5.41) is 9.28. The van der Waals surface area contributed by atoms with Crippen LogP contribution in [0.25, 0.3) is 11.1 Å². The third-order valence-corrected chi connectivity index (χ3v) is 4.18. The number of fused-ring (bicyclic) bond motifs is 1. The molecular weight excluding hydrogens is 310 g/mol. The van der Waals surface area contributed by atoms with Crippen molar-refractivity contribution < 1.29 is 14.3 Å². The van der Waals surface area contributed by atoms with E-state index in [9.17, 15) is 4.79 Å². The van der Waals surface area contributed by atoms with Crippen molar-refractivity contribution in [3.05, 3.63) is 58.9 Å². The lowest BCUT2D eigenvalue weighted by atomic mass is 10.2. The van der Waals surface area contributed by atoms with Gasteiger partial charge in [-0.05, 0) is 30.3 Å². The van der Waals surface area contributed by atoms with E-state index in [2.05, 4.69) is 4.98 Å². The number of benzene rings is 2. The van der Waals surface area contributed by atoms with Gasteiger partial charge in [-0.25, -0.2) is 9.78 Å². The minimum atomic E-state index is -1.04. The van der Waals surface area contributed by atoms with Crippen molar-refractivity contribution in [1.82, 2.24) is 4.98 Å². The summed E-state index contributed by atoms with van der Waals surface area (Å²) >= 11 is 7.29. The molecule has 0 fully saturated rings. The van der Waals surface area contributed by atoms with Crippen LogP contribution < -0.4 is 0 Å². The maximum atomic E-state index is 11.0. The molecule has 0 saturated heterocycles. The molecule has 1 heterocycles. The molecule has 106 valence electrons. The van der Waals surface area contributed by atoms with Crippen LogP contribution >= 0.6 is 23.4 Å². The van der Waals surface area contributed by atoms with Gasteiger partial charge in [-0.2, -0.15) is 0 Å². The van der Waals surface area contributed by atoms with Crippen molar-refractivity contribution >= 4 is 40.4 Å². The van der Waals surface area contributed by atoms with Crippen LogP contribution in [0.5, 0.6) is 0 Å². The van der Waals surface area contributed by atoms with E-state index < -0.39 is 5.97 Å². The van der Waals surface area contributed by atoms with Crippen LogP contribution in [0.15, 0.2) is 51.8 Å². The monoisotopic (exact) mass is 319 g/mol. The van der Waals surface area contributed by atoms with Crippen LogP contribution in [-0.2, 0) is 5.75 Å². The molecule has 0 atom stereocenters. The first-order chi connectivity index (χ1) is 10.1. The zero-order valence-corrected chi connectivity index (χ0v) is 12.3. The highest BCUT2D eigenvalue weighted by molar-refractivity contribution is 7.98. The van der Waals surface area contributed by atoms with Gasteiger partial charge < -0.3 is 9.52 Å². The molecule has 0 spiro atoms. The number of hydrogen-bond acceptors (Lipinski definition) is 4. The van der Waals surface area contributed by atoms with Gasteiger partial charge in [0.2, 0.25) is 5.89 Å². The Hall–Kier alpha value is -1.98. The van der Waals surface area contributed by atoms with Crippen LogP contribution in [-0.4, -0.2) is 16.1 Å². The second-order valence-corrected chi connectivity index (χ2v) is 5.77. The minimum Gasteiger partial charge on any atom is -0.478 e. The lowest BCUT2D eigenvalue weighted by molar-refractivity contribution is 0.0697. The summed E-state index contributed by atoms with van der Waals surface area (Å²) in [5.41, 5.74) is 1.66. The zero-order chi connectivity index (χ0) is 14.8. The first kappa shape index (κ1) is 14.0. The largest absolute Gasteiger partial charge is 0.478 e. The maximum Gasteiger partial charge on any atom is 0.337 e. The molecule has 21 heavy (non-hydrogen) atoms. The average molecular weight is 320 g/mol. The molecule has 0 saturated carbocycles. The van der Waals surface area contributed by atoms with E-state index in [0.29, 0.717) is 11.6 Å². The van der Waals surface area contributed by atoms with E-state index in [1.807, 2.05) is 24.3 Å². The van der Waals surface area contributed by atoms with Crippen molar-refractivity contribution in [3.63, 3.8) is 0 Å². The Morgan fingerprint density at radius 3 is 2.86 bits per heavy atom. The highest BCUT2D eigenvalue weighted by Crippen LogP contribution is 2.28. The molecule has 0 aliphatic carbocycles. The molecule has 0 aliphatic rings. The molecular formula is C15H10ClNO3S. The second kappa shape index (κ2) is 5.79. The number of aromatic nitrogens is 1. The van der Waals surface area contributed by atoms with Crippen LogP contribution in [0.1, 0.15) is 16.2 Å². The molecule has 4 nitrogen and oxygen atoms in total. The van der Waals surface area contributed by atoms with E-state index in [0.717, 1.165) is 16.0 Å². The number of para-hydroxylation sites is 2. The second-order valence-electron chi connectivity index (χ2n) is 4.31. The van der Waals surface area contributed by atoms with Gasteiger partial charge in [-0.15, -0.1) is 11.8 Å². The molecule has 3 aromatic rings. The quantitative estimate of drug-likeness (QED) is 0.719. The summed E-state index contributed by atoms with van der Waals surface area (Å²) in [6.07, 6.45) is 0. The third kappa shape index (κ3) is 3.04. The molecule has 0 radical (unpaired) electrons. The number of carboxylic acids is 1. The highest BCUT2D eigenvalue weighted by Gasteiger charge is 2.11. The van der Waals surface area contributed by atoms with Gasteiger partial charge in [-0.3, -0.25) is 0 Å². The zero-order valence-electron chi connectivity index (χ0n) is 10.7. The molecule has 6 heteroatoms. The standard InChI is InChI=1S/C15H10ClNO3S/c16-11-6-5-9(7-10(11)15(18)19)21-8-14-17-12-3-1-2-4-13(12)20-14/h1-7H,8H2,(H,18,19). The summed E-state index contributed by atoms with van der Waals surface area (Å²) < 4.78 is 5.62. The summed E-state index contributed by atoms with van der Waals surface area (Å²) in [6, 6.07) is 12.5. The fourth-order valence-corrected chi connectivity index (χ4v) is 2.86. The maximum absolute atomic E-state index is 11.0. The van der Waals surface area contributed by atoms with Gasteiger partial charge in [0.05, 0.1) is 16.3 Å². The van der Waals surface area contributed by atoms with E-state index in [1.54, 1.807) is 18.2 Å². The number of thioether (sulfide) groups is 1. The van der Waals surface area contributed by atoms with Gasteiger partial charge in [0.1, 0.15) is 5.52 Å². The van der Waals surface area contributed by atoms with E-state index in [-0.39, 0.29) is 10.6 Å². The molecule has 1 N–H and O–H groups in total. The smallest absolute Gasteiger partial charge is 0.337 e. The first-order valence-corrected chi connectivity index (χ1v) is 7.50. The number of rotatable bonds is 4. The van der Waals surface area contributed by atoms with Crippen LogP contribution in [0.4, 0.5) is 0 Å². The van der Waals surface area contributed by atoms with Crippen LogP contribution in [0, 0.1) is 0 Å². The number of carbonyl (C=O) groups is 1. The lowest BCUT2D eigenvalue weighted by Crippen LogP contribution is -1.97. The highest BCUT2D eigenvalue weighted by atomic mass is 35.5. The SMILES string of the molecule is O=C(O)c1cc(SCc2nc3ccccc3o2)ccc1Cl. The molecule has 1 aromatic heterocycles. The van der Waals surface area contributed by atoms with E-state index >= 15 is 0 Å². The van der Waals surface area contributed by atoms with Gasteiger partial charge in [0.25, 0.3) is 0 Å². The first-order valence-electron chi connectivity index (χ1n) is 6.13. The van der Waals surface area contributed by atoms with Crippen molar-refractivity contribution in [2.45, 2.75) is 10.6 Å². The van der Waals surface area contributed by atoms with Gasteiger partial charge >= 0.3 is 5.97 Å². The Morgan fingerprint density at radius 2 is 2.10 bits per heavy atom. The summed E-state index contributed by atoms with van der Waals surface area (Å²) in [7, 11) is 0. The van der Waals surface area contributed by atoms with Crippen molar-refractivity contribution in [2.75, 3.05) is 0 Å². The number of carboxylic acid groups (broad SMARTS) is 1. The van der Waals surface area contributed by atoms with Crippen molar-refractivity contribution in [1.29, 1.82) is 0 Å². The topological polar surface area (TPSA) is 63.3 Å². The summed E-state index contributed by atoms with van der Waals surface area (Å²) in [5.74, 6) is 0.0902. The lowest BCUT2D eigenvalue weighted by Gasteiger charge is -2.02.